The summed E-state index contributed by atoms with van der Waals surface area (Å²) < 4.78 is 0. The first kappa shape index (κ1) is 23.0. The summed E-state index contributed by atoms with van der Waals surface area (Å²) in [5.74, 6) is 0.803. The largest absolute Gasteiger partial charge is 0.0767 e. The van der Waals surface area contributed by atoms with E-state index in [1.165, 1.54) is 66.1 Å². The van der Waals surface area contributed by atoms with Gasteiger partial charge in [0.25, 0.3) is 0 Å². The minimum atomic E-state index is 0.381. The van der Waals surface area contributed by atoms with E-state index in [2.05, 4.69) is 158 Å². The van der Waals surface area contributed by atoms with E-state index in [1.807, 2.05) is 0 Å². The van der Waals surface area contributed by atoms with E-state index in [0.717, 1.165) is 0 Å². The second kappa shape index (κ2) is 9.36. The molecule has 8 rings (SSSR count). The average molecular weight is 509 g/mol. The van der Waals surface area contributed by atoms with Crippen molar-refractivity contribution in [2.24, 2.45) is 5.92 Å². The van der Waals surface area contributed by atoms with Gasteiger partial charge in [-0.2, -0.15) is 0 Å². The van der Waals surface area contributed by atoms with Crippen LogP contribution in [0.3, 0.4) is 0 Å². The molecule has 0 saturated carbocycles. The first-order valence-corrected chi connectivity index (χ1v) is 14.1. The molecule has 0 fully saturated rings. The normalized spacial score (nSPS) is 17.2. The van der Waals surface area contributed by atoms with Crippen LogP contribution < -0.4 is 0 Å². The lowest BCUT2D eigenvalue weighted by atomic mass is 9.76. The predicted molar refractivity (Wildman–Crippen MR) is 171 cm³/mol. The lowest BCUT2D eigenvalue weighted by Crippen LogP contribution is -2.13. The summed E-state index contributed by atoms with van der Waals surface area (Å²) >= 11 is 0. The van der Waals surface area contributed by atoms with Crippen LogP contribution in [0.1, 0.15) is 17.0 Å². The first-order chi connectivity index (χ1) is 19.8. The molecule has 6 aromatic carbocycles. The molecule has 2 aliphatic carbocycles. The number of benzene rings is 6. The molecule has 0 spiro atoms. The fourth-order valence-corrected chi connectivity index (χ4v) is 6.72. The molecular formula is C40H28. The molecule has 188 valence electrons. The van der Waals surface area contributed by atoms with E-state index >= 15 is 0 Å². The van der Waals surface area contributed by atoms with Gasteiger partial charge in [-0.05, 0) is 78.2 Å². The topological polar surface area (TPSA) is 0 Å². The Morgan fingerprint density at radius 2 is 1.02 bits per heavy atom. The highest BCUT2D eigenvalue weighted by Gasteiger charge is 2.25. The Hall–Kier alpha value is -4.94. The van der Waals surface area contributed by atoms with Crippen molar-refractivity contribution < 1.29 is 0 Å². The minimum absolute atomic E-state index is 0.381. The highest BCUT2D eigenvalue weighted by Crippen LogP contribution is 2.46. The molecule has 0 saturated heterocycles. The van der Waals surface area contributed by atoms with Crippen molar-refractivity contribution in [3.05, 3.63) is 163 Å². The smallest absolute Gasteiger partial charge is 0.0125 e. The zero-order valence-electron chi connectivity index (χ0n) is 22.2. The number of rotatable bonds is 3. The van der Waals surface area contributed by atoms with Gasteiger partial charge >= 0.3 is 0 Å². The number of hydrogen-bond donors (Lipinski definition) is 0. The molecule has 0 radical (unpaired) electrons. The molecule has 0 heterocycles. The third-order valence-corrected chi connectivity index (χ3v) is 8.60. The lowest BCUT2D eigenvalue weighted by Gasteiger charge is -2.28. The van der Waals surface area contributed by atoms with Crippen molar-refractivity contribution in [3.63, 3.8) is 0 Å². The zero-order chi connectivity index (χ0) is 26.5. The Kier molecular flexibility index (Phi) is 5.38. The van der Waals surface area contributed by atoms with Gasteiger partial charge in [-0.1, -0.05) is 146 Å². The second-order valence-corrected chi connectivity index (χ2v) is 10.9. The summed E-state index contributed by atoms with van der Waals surface area (Å²) in [6.45, 7) is 0. The zero-order valence-corrected chi connectivity index (χ0v) is 22.2. The molecule has 0 heteroatoms. The second-order valence-electron chi connectivity index (χ2n) is 10.9. The molecule has 0 aromatic heterocycles. The van der Waals surface area contributed by atoms with Crippen LogP contribution in [0.5, 0.6) is 0 Å². The maximum absolute atomic E-state index is 2.46. The summed E-state index contributed by atoms with van der Waals surface area (Å²) in [6, 6.07) is 44.6. The third kappa shape index (κ3) is 3.68. The van der Waals surface area contributed by atoms with Crippen molar-refractivity contribution in [2.75, 3.05) is 0 Å². The molecule has 6 aromatic rings. The van der Waals surface area contributed by atoms with Gasteiger partial charge in [0.05, 0.1) is 0 Å². The predicted octanol–water partition coefficient (Wildman–Crippen LogP) is 10.8. The van der Waals surface area contributed by atoms with E-state index in [-0.39, 0.29) is 0 Å². The summed E-state index contributed by atoms with van der Waals surface area (Å²) in [6.07, 6.45) is 13.7. The van der Waals surface area contributed by atoms with Crippen molar-refractivity contribution in [1.29, 1.82) is 0 Å². The number of fused-ring (bicyclic) bond motifs is 5. The average Bonchev–Trinajstić information content (AvgIpc) is 3.04. The Labute approximate surface area is 235 Å². The van der Waals surface area contributed by atoms with Crippen LogP contribution >= 0.6 is 0 Å². The Balaban J connectivity index is 1.47. The van der Waals surface area contributed by atoms with E-state index < -0.39 is 0 Å². The molecular weight excluding hydrogens is 480 g/mol. The van der Waals surface area contributed by atoms with E-state index in [4.69, 9.17) is 0 Å². The summed E-state index contributed by atoms with van der Waals surface area (Å²) in [4.78, 5) is 0. The van der Waals surface area contributed by atoms with E-state index in [9.17, 15) is 0 Å². The Morgan fingerprint density at radius 3 is 1.80 bits per heavy atom. The Morgan fingerprint density at radius 1 is 0.400 bits per heavy atom. The monoisotopic (exact) mass is 508 g/mol. The van der Waals surface area contributed by atoms with Gasteiger partial charge in [0.1, 0.15) is 0 Å². The first-order valence-electron chi connectivity index (χ1n) is 14.1. The number of hydrogen-bond acceptors (Lipinski definition) is 0. The maximum atomic E-state index is 2.46. The standard InChI is InChI=1S/C40H28/c1-3-11-27(12-4-1)31-23-24-36-38(25-31)40(35-18-10-9-17-34(35)39(36)30-14-5-2-6-15-30)32-22-21-29-20-19-28-13-7-8-16-33(28)37(29)26-32/h1-26,28,33H. The van der Waals surface area contributed by atoms with Gasteiger partial charge in [0.15, 0.2) is 0 Å². The highest BCUT2D eigenvalue weighted by atomic mass is 14.3. The minimum Gasteiger partial charge on any atom is -0.0767 e. The van der Waals surface area contributed by atoms with Gasteiger partial charge in [-0.3, -0.25) is 0 Å². The fraction of sp³-hybridized carbons (Fsp3) is 0.0500. The summed E-state index contributed by atoms with van der Waals surface area (Å²) in [5.41, 5.74) is 10.4. The van der Waals surface area contributed by atoms with Gasteiger partial charge in [-0.15, -0.1) is 0 Å². The van der Waals surface area contributed by atoms with Gasteiger partial charge < -0.3 is 0 Å². The highest BCUT2D eigenvalue weighted by molar-refractivity contribution is 6.22. The van der Waals surface area contributed by atoms with Crippen molar-refractivity contribution in [1.82, 2.24) is 0 Å². The SMILES string of the molecule is C1=CC2C=Cc3ccc(-c4c5ccccc5c(-c5ccccc5)c5ccc(-c6ccccc6)cc45)cc3C2C=C1. The lowest BCUT2D eigenvalue weighted by molar-refractivity contribution is 0.692. The van der Waals surface area contributed by atoms with Crippen LogP contribution in [0.15, 0.2) is 152 Å². The van der Waals surface area contributed by atoms with Gasteiger partial charge in [-0.25, -0.2) is 0 Å². The molecule has 0 aliphatic heterocycles. The third-order valence-electron chi connectivity index (χ3n) is 8.60. The quantitative estimate of drug-likeness (QED) is 0.209. The number of allylic oxidation sites excluding steroid dienone is 5. The van der Waals surface area contributed by atoms with Crippen molar-refractivity contribution in [3.8, 4) is 33.4 Å². The van der Waals surface area contributed by atoms with E-state index in [0.29, 0.717) is 11.8 Å². The molecule has 2 aliphatic rings. The summed E-state index contributed by atoms with van der Waals surface area (Å²) in [7, 11) is 0. The molecule has 0 nitrogen and oxygen atoms in total. The molecule has 0 amide bonds. The van der Waals surface area contributed by atoms with Gasteiger partial charge in [0, 0.05) is 11.8 Å². The van der Waals surface area contributed by atoms with Crippen LogP contribution in [-0.2, 0) is 0 Å². The molecule has 0 N–H and O–H groups in total. The Bertz CT molecular complexity index is 1990. The van der Waals surface area contributed by atoms with Crippen LogP contribution in [0.2, 0.25) is 0 Å². The van der Waals surface area contributed by atoms with Crippen LogP contribution in [0.25, 0.3) is 61.0 Å². The maximum Gasteiger partial charge on any atom is 0.0125 e. The fourth-order valence-electron chi connectivity index (χ4n) is 6.72. The molecule has 2 atom stereocenters. The van der Waals surface area contributed by atoms with E-state index in [1.54, 1.807) is 0 Å². The van der Waals surface area contributed by atoms with Crippen molar-refractivity contribution >= 4 is 27.6 Å². The van der Waals surface area contributed by atoms with Crippen LogP contribution in [-0.4, -0.2) is 0 Å². The van der Waals surface area contributed by atoms with Crippen LogP contribution in [0, 0.1) is 5.92 Å². The molecule has 40 heavy (non-hydrogen) atoms. The molecule has 0 bridgehead atoms. The van der Waals surface area contributed by atoms with Crippen LogP contribution in [0.4, 0.5) is 0 Å². The summed E-state index contributed by atoms with van der Waals surface area (Å²) in [5, 5.41) is 5.16. The van der Waals surface area contributed by atoms with Gasteiger partial charge in [0.2, 0.25) is 0 Å². The van der Waals surface area contributed by atoms with Crippen molar-refractivity contribution in [2.45, 2.75) is 5.92 Å². The molecule has 2 unspecified atom stereocenters.